The fraction of sp³-hybridized carbons (Fsp3) is 0.571. The van der Waals surface area contributed by atoms with Crippen LogP contribution in [-0.4, -0.2) is 11.2 Å². The highest BCUT2D eigenvalue weighted by atomic mass is 35.5. The fourth-order valence-electron chi connectivity index (χ4n) is 0.721. The summed E-state index contributed by atoms with van der Waals surface area (Å²) in [6, 6.07) is 0. The smallest absolute Gasteiger partial charge is 0.136 e. The summed E-state index contributed by atoms with van der Waals surface area (Å²) in [6.45, 7) is 4.19. The predicted octanol–water partition coefficient (Wildman–Crippen LogP) is 1.72. The minimum Gasteiger partial charge on any atom is -0.288 e. The molecule has 0 amide bonds. The number of nitrogens with one attached hydrogen (secondary N) is 1. The van der Waals surface area contributed by atoms with E-state index < -0.39 is 0 Å². The van der Waals surface area contributed by atoms with Gasteiger partial charge in [-0.05, 0) is 18.1 Å². The normalized spacial score (nSPS) is 24.4. The van der Waals surface area contributed by atoms with Crippen LogP contribution in [-0.2, 0) is 0 Å². The molecule has 0 aliphatic carbocycles. The molecule has 0 saturated carbocycles. The van der Waals surface area contributed by atoms with Crippen molar-refractivity contribution in [3.63, 3.8) is 0 Å². The molecule has 0 fully saturated rings. The van der Waals surface area contributed by atoms with Crippen LogP contribution in [0.25, 0.3) is 0 Å². The third-order valence-electron chi connectivity index (χ3n) is 1.34. The van der Waals surface area contributed by atoms with Gasteiger partial charge >= 0.3 is 0 Å². The van der Waals surface area contributed by atoms with Gasteiger partial charge in [-0.25, -0.2) is 0 Å². The van der Waals surface area contributed by atoms with Crippen molar-refractivity contribution >= 4 is 17.3 Å². The van der Waals surface area contributed by atoms with Gasteiger partial charge in [0, 0.05) is 0 Å². The second-order valence-electron chi connectivity index (χ2n) is 2.58. The molecule has 1 rings (SSSR count). The van der Waals surface area contributed by atoms with Crippen LogP contribution in [0, 0.1) is 5.92 Å². The zero-order valence-electron chi connectivity index (χ0n) is 6.13. The second kappa shape index (κ2) is 3.06. The van der Waals surface area contributed by atoms with Crippen LogP contribution >= 0.6 is 11.6 Å². The molecule has 0 aromatic heterocycles. The van der Waals surface area contributed by atoms with Gasteiger partial charge < -0.3 is 0 Å². The number of hydrogen-bond acceptors (Lipinski definition) is 2. The Morgan fingerprint density at radius 2 is 2.40 bits per heavy atom. The van der Waals surface area contributed by atoms with E-state index in [1.165, 1.54) is 0 Å². The molecule has 1 heterocycles. The molecule has 0 saturated heterocycles. The quantitative estimate of drug-likeness (QED) is 0.456. The van der Waals surface area contributed by atoms with Crippen LogP contribution in [0.4, 0.5) is 0 Å². The standard InChI is InChI=1S/C7H11ClN2/c1-5(2)6-3-4-7(8)10-9-6/h3-5,7,10H,1-2H3/t7-/m1/s1. The summed E-state index contributed by atoms with van der Waals surface area (Å²) in [5.41, 5.74) is 3.70. The summed E-state index contributed by atoms with van der Waals surface area (Å²) in [5.74, 6) is 0.466. The lowest BCUT2D eigenvalue weighted by molar-refractivity contribution is 0.740. The number of halogens is 1. The molecule has 0 bridgehead atoms. The lowest BCUT2D eigenvalue weighted by Gasteiger charge is -2.13. The van der Waals surface area contributed by atoms with Gasteiger partial charge in [0.15, 0.2) is 0 Å². The van der Waals surface area contributed by atoms with Gasteiger partial charge in [-0.3, -0.25) is 5.43 Å². The van der Waals surface area contributed by atoms with E-state index in [-0.39, 0.29) is 5.50 Å². The summed E-state index contributed by atoms with van der Waals surface area (Å²) in [4.78, 5) is 0. The summed E-state index contributed by atoms with van der Waals surface area (Å²) in [6.07, 6.45) is 3.85. The molecule has 2 nitrogen and oxygen atoms in total. The highest BCUT2D eigenvalue weighted by molar-refractivity contribution is 6.22. The van der Waals surface area contributed by atoms with Crippen molar-refractivity contribution in [2.24, 2.45) is 11.0 Å². The summed E-state index contributed by atoms with van der Waals surface area (Å²) >= 11 is 5.68. The largest absolute Gasteiger partial charge is 0.288 e. The maximum atomic E-state index is 5.68. The van der Waals surface area contributed by atoms with Crippen molar-refractivity contribution in [3.8, 4) is 0 Å². The van der Waals surface area contributed by atoms with Crippen LogP contribution in [0.3, 0.4) is 0 Å². The third kappa shape index (κ3) is 1.74. The van der Waals surface area contributed by atoms with Crippen LogP contribution in [0.5, 0.6) is 0 Å². The molecule has 0 aromatic carbocycles. The van der Waals surface area contributed by atoms with Crippen LogP contribution < -0.4 is 5.43 Å². The van der Waals surface area contributed by atoms with E-state index in [2.05, 4.69) is 24.4 Å². The van der Waals surface area contributed by atoms with Gasteiger partial charge in [0.1, 0.15) is 5.50 Å². The van der Waals surface area contributed by atoms with Crippen LogP contribution in [0.1, 0.15) is 13.8 Å². The molecule has 0 aromatic rings. The highest BCUT2D eigenvalue weighted by Crippen LogP contribution is 2.05. The average Bonchev–Trinajstić information content (AvgIpc) is 1.88. The van der Waals surface area contributed by atoms with E-state index in [0.29, 0.717) is 5.92 Å². The Hall–Kier alpha value is -0.500. The molecule has 1 aliphatic rings. The Labute approximate surface area is 66.0 Å². The predicted molar refractivity (Wildman–Crippen MR) is 44.2 cm³/mol. The Balaban J connectivity index is 2.59. The van der Waals surface area contributed by atoms with Crippen LogP contribution in [0.15, 0.2) is 17.3 Å². The van der Waals surface area contributed by atoms with Crippen molar-refractivity contribution in [2.75, 3.05) is 0 Å². The first kappa shape index (κ1) is 7.61. The molecule has 1 aliphatic heterocycles. The minimum atomic E-state index is -0.137. The molecule has 0 radical (unpaired) electrons. The molecule has 0 unspecified atom stereocenters. The maximum absolute atomic E-state index is 5.68. The molecule has 0 spiro atoms. The first-order valence-electron chi connectivity index (χ1n) is 3.35. The second-order valence-corrected chi connectivity index (χ2v) is 3.05. The first-order valence-corrected chi connectivity index (χ1v) is 3.79. The molecule has 1 atom stereocenters. The van der Waals surface area contributed by atoms with E-state index in [0.717, 1.165) is 5.71 Å². The SMILES string of the molecule is CC(C)C1=NN[C@@H](Cl)C=C1. The van der Waals surface area contributed by atoms with Crippen molar-refractivity contribution in [1.29, 1.82) is 0 Å². The van der Waals surface area contributed by atoms with E-state index in [1.54, 1.807) is 0 Å². The molecule has 3 heteroatoms. The van der Waals surface area contributed by atoms with Crippen molar-refractivity contribution in [2.45, 2.75) is 19.3 Å². The lowest BCUT2D eigenvalue weighted by Crippen LogP contribution is -2.23. The number of nitrogens with zero attached hydrogens (tertiary/aromatic N) is 1. The zero-order chi connectivity index (χ0) is 7.56. The van der Waals surface area contributed by atoms with Gasteiger partial charge in [0.2, 0.25) is 0 Å². The molecule has 10 heavy (non-hydrogen) atoms. The average molecular weight is 159 g/mol. The Kier molecular flexibility index (Phi) is 2.33. The third-order valence-corrected chi connectivity index (χ3v) is 1.59. The Bertz CT molecular complexity index is 172. The topological polar surface area (TPSA) is 24.4 Å². The molecular weight excluding hydrogens is 148 g/mol. The highest BCUT2D eigenvalue weighted by Gasteiger charge is 2.07. The van der Waals surface area contributed by atoms with Gasteiger partial charge in [-0.15, -0.1) is 0 Å². The fourth-order valence-corrected chi connectivity index (χ4v) is 0.843. The molecule has 1 N–H and O–H groups in total. The Morgan fingerprint density at radius 1 is 1.70 bits per heavy atom. The van der Waals surface area contributed by atoms with Crippen molar-refractivity contribution < 1.29 is 0 Å². The van der Waals surface area contributed by atoms with E-state index in [9.17, 15) is 0 Å². The molecular formula is C7H11ClN2. The summed E-state index contributed by atoms with van der Waals surface area (Å²) < 4.78 is 0. The van der Waals surface area contributed by atoms with Gasteiger partial charge in [-0.2, -0.15) is 5.10 Å². The summed E-state index contributed by atoms with van der Waals surface area (Å²) in [7, 11) is 0. The van der Waals surface area contributed by atoms with Crippen molar-refractivity contribution in [3.05, 3.63) is 12.2 Å². The maximum Gasteiger partial charge on any atom is 0.136 e. The number of hydrazone groups is 1. The number of hydrogen-bond donors (Lipinski definition) is 1. The van der Waals surface area contributed by atoms with Gasteiger partial charge in [-0.1, -0.05) is 25.4 Å². The van der Waals surface area contributed by atoms with Gasteiger partial charge in [0.05, 0.1) is 5.71 Å². The lowest BCUT2D eigenvalue weighted by atomic mass is 10.1. The van der Waals surface area contributed by atoms with Crippen molar-refractivity contribution in [1.82, 2.24) is 5.43 Å². The van der Waals surface area contributed by atoms with Gasteiger partial charge in [0.25, 0.3) is 0 Å². The molecule has 56 valence electrons. The van der Waals surface area contributed by atoms with Crippen LogP contribution in [0.2, 0.25) is 0 Å². The summed E-state index contributed by atoms with van der Waals surface area (Å²) in [5, 5.41) is 4.06. The Morgan fingerprint density at radius 3 is 2.80 bits per heavy atom. The number of alkyl halides is 1. The van der Waals surface area contributed by atoms with E-state index >= 15 is 0 Å². The first-order chi connectivity index (χ1) is 4.70. The number of rotatable bonds is 1. The number of allylic oxidation sites excluding steroid dienone is 1. The monoisotopic (exact) mass is 158 g/mol. The van der Waals surface area contributed by atoms with E-state index in [1.807, 2.05) is 12.2 Å². The zero-order valence-corrected chi connectivity index (χ0v) is 6.89. The minimum absolute atomic E-state index is 0.137. The van der Waals surface area contributed by atoms with E-state index in [4.69, 9.17) is 11.6 Å².